The van der Waals surface area contributed by atoms with Crippen molar-refractivity contribution in [1.82, 2.24) is 0 Å². The SMILES string of the molecule is CC=C(C)C(=O)OC(C)CC=C1OC(=O)C2=C1CCC=C2. The molecule has 0 saturated carbocycles. The van der Waals surface area contributed by atoms with Crippen molar-refractivity contribution in [3.05, 3.63) is 46.8 Å². The van der Waals surface area contributed by atoms with Gasteiger partial charge in [-0.05, 0) is 39.7 Å². The van der Waals surface area contributed by atoms with E-state index in [1.165, 1.54) is 0 Å². The normalized spacial score (nSPS) is 21.4. The van der Waals surface area contributed by atoms with Crippen molar-refractivity contribution in [2.24, 2.45) is 0 Å². The summed E-state index contributed by atoms with van der Waals surface area (Å²) >= 11 is 0. The fourth-order valence-electron chi connectivity index (χ4n) is 2.21. The maximum atomic E-state index is 11.7. The van der Waals surface area contributed by atoms with Crippen LogP contribution in [-0.4, -0.2) is 18.0 Å². The Hall–Kier alpha value is -2.10. The largest absolute Gasteiger partial charge is 0.459 e. The Morgan fingerprint density at radius 2 is 2.29 bits per heavy atom. The summed E-state index contributed by atoms with van der Waals surface area (Å²) in [4.78, 5) is 23.4. The zero-order chi connectivity index (χ0) is 15.4. The molecule has 0 fully saturated rings. The van der Waals surface area contributed by atoms with Crippen LogP contribution in [0.15, 0.2) is 46.8 Å². The van der Waals surface area contributed by atoms with Crippen LogP contribution >= 0.6 is 0 Å². The molecule has 21 heavy (non-hydrogen) atoms. The summed E-state index contributed by atoms with van der Waals surface area (Å²) in [5.74, 6) is 0.0129. The van der Waals surface area contributed by atoms with Gasteiger partial charge in [-0.25, -0.2) is 9.59 Å². The third kappa shape index (κ3) is 3.51. The van der Waals surface area contributed by atoms with Crippen LogP contribution in [0.1, 0.15) is 40.0 Å². The van der Waals surface area contributed by atoms with Gasteiger partial charge in [0, 0.05) is 17.6 Å². The summed E-state index contributed by atoms with van der Waals surface area (Å²) < 4.78 is 10.6. The van der Waals surface area contributed by atoms with Crippen LogP contribution in [0.5, 0.6) is 0 Å². The first-order chi connectivity index (χ1) is 10.0. The van der Waals surface area contributed by atoms with Crippen LogP contribution in [0.25, 0.3) is 0 Å². The Balaban J connectivity index is 1.99. The highest BCUT2D eigenvalue weighted by Gasteiger charge is 2.29. The van der Waals surface area contributed by atoms with E-state index in [-0.39, 0.29) is 18.0 Å². The maximum absolute atomic E-state index is 11.7. The molecule has 4 nitrogen and oxygen atoms in total. The smallest absolute Gasteiger partial charge is 0.343 e. The van der Waals surface area contributed by atoms with Crippen molar-refractivity contribution in [2.45, 2.75) is 46.1 Å². The van der Waals surface area contributed by atoms with Crippen LogP contribution in [0.3, 0.4) is 0 Å². The van der Waals surface area contributed by atoms with Crippen molar-refractivity contribution in [2.75, 3.05) is 0 Å². The molecule has 1 atom stereocenters. The minimum absolute atomic E-state index is 0.262. The van der Waals surface area contributed by atoms with Crippen LogP contribution in [0, 0.1) is 0 Å². The fraction of sp³-hybridized carbons (Fsp3) is 0.412. The van der Waals surface area contributed by atoms with Crippen LogP contribution in [-0.2, 0) is 19.1 Å². The maximum Gasteiger partial charge on any atom is 0.343 e. The van der Waals surface area contributed by atoms with Gasteiger partial charge in [0.15, 0.2) is 0 Å². The minimum Gasteiger partial charge on any atom is -0.459 e. The lowest BCUT2D eigenvalue weighted by molar-refractivity contribution is -0.143. The summed E-state index contributed by atoms with van der Waals surface area (Å²) in [5.41, 5.74) is 2.21. The molecular formula is C17H20O4. The molecule has 1 aliphatic heterocycles. The van der Waals surface area contributed by atoms with Crippen molar-refractivity contribution in [3.63, 3.8) is 0 Å². The summed E-state index contributed by atoms with van der Waals surface area (Å²) in [5, 5.41) is 0. The zero-order valence-corrected chi connectivity index (χ0v) is 12.6. The first-order valence-electron chi connectivity index (χ1n) is 7.19. The van der Waals surface area contributed by atoms with Crippen molar-refractivity contribution in [1.29, 1.82) is 0 Å². The molecule has 0 bridgehead atoms. The van der Waals surface area contributed by atoms with Crippen LogP contribution < -0.4 is 0 Å². The summed E-state index contributed by atoms with van der Waals surface area (Å²) in [6.07, 6.45) is 9.34. The quantitative estimate of drug-likeness (QED) is 0.588. The monoisotopic (exact) mass is 288 g/mol. The molecule has 2 aliphatic rings. The molecule has 1 unspecified atom stereocenters. The second-order valence-corrected chi connectivity index (χ2v) is 5.21. The average molecular weight is 288 g/mol. The van der Waals surface area contributed by atoms with Gasteiger partial charge < -0.3 is 9.47 Å². The lowest BCUT2D eigenvalue weighted by Gasteiger charge is -2.12. The highest BCUT2D eigenvalue weighted by molar-refractivity contribution is 5.97. The second kappa shape index (κ2) is 6.57. The Kier molecular flexibility index (Phi) is 4.78. The first kappa shape index (κ1) is 15.3. The van der Waals surface area contributed by atoms with Gasteiger partial charge in [-0.1, -0.05) is 18.2 Å². The summed E-state index contributed by atoms with van der Waals surface area (Å²) in [7, 11) is 0. The van der Waals surface area contributed by atoms with Gasteiger partial charge >= 0.3 is 11.9 Å². The Morgan fingerprint density at radius 3 is 3.00 bits per heavy atom. The Labute approximate surface area is 124 Å². The van der Waals surface area contributed by atoms with Gasteiger partial charge in [-0.2, -0.15) is 0 Å². The van der Waals surface area contributed by atoms with E-state index in [0.29, 0.717) is 23.3 Å². The van der Waals surface area contributed by atoms with Gasteiger partial charge in [0.25, 0.3) is 0 Å². The van der Waals surface area contributed by atoms with Crippen molar-refractivity contribution < 1.29 is 19.1 Å². The summed E-state index contributed by atoms with van der Waals surface area (Å²) in [6.45, 7) is 5.34. The van der Waals surface area contributed by atoms with E-state index in [9.17, 15) is 9.59 Å². The predicted molar refractivity (Wildman–Crippen MR) is 79.2 cm³/mol. The highest BCUT2D eigenvalue weighted by Crippen LogP contribution is 2.33. The standard InChI is InChI=1S/C17H20O4/c1-4-11(2)16(18)20-12(3)9-10-15-13-7-5-6-8-14(13)17(19)21-15/h4,6,8,10,12H,5,7,9H2,1-3H3. The van der Waals surface area contributed by atoms with Gasteiger partial charge in [0.05, 0.1) is 5.57 Å². The number of carbonyl (C=O) groups excluding carboxylic acids is 2. The van der Waals surface area contributed by atoms with Gasteiger partial charge in [-0.15, -0.1) is 0 Å². The number of hydrogen-bond acceptors (Lipinski definition) is 4. The molecule has 112 valence electrons. The van der Waals surface area contributed by atoms with E-state index in [1.54, 1.807) is 19.9 Å². The van der Waals surface area contributed by atoms with Gasteiger partial charge in [-0.3, -0.25) is 0 Å². The molecule has 1 heterocycles. The van der Waals surface area contributed by atoms with E-state index < -0.39 is 0 Å². The molecule has 0 N–H and O–H groups in total. The molecular weight excluding hydrogens is 268 g/mol. The second-order valence-electron chi connectivity index (χ2n) is 5.21. The van der Waals surface area contributed by atoms with E-state index in [2.05, 4.69) is 0 Å². The predicted octanol–water partition coefficient (Wildman–Crippen LogP) is 3.36. The molecule has 4 heteroatoms. The fourth-order valence-corrected chi connectivity index (χ4v) is 2.21. The average Bonchev–Trinajstić information content (AvgIpc) is 2.81. The number of carbonyl (C=O) groups is 2. The molecule has 0 aromatic heterocycles. The Morgan fingerprint density at radius 1 is 1.52 bits per heavy atom. The van der Waals surface area contributed by atoms with Crippen molar-refractivity contribution in [3.8, 4) is 0 Å². The van der Waals surface area contributed by atoms with Crippen molar-refractivity contribution >= 4 is 11.9 Å². The number of hydrogen-bond donors (Lipinski definition) is 0. The zero-order valence-electron chi connectivity index (χ0n) is 12.6. The first-order valence-corrected chi connectivity index (χ1v) is 7.19. The van der Waals surface area contributed by atoms with Gasteiger partial charge in [0.1, 0.15) is 11.9 Å². The summed E-state index contributed by atoms with van der Waals surface area (Å²) in [6, 6.07) is 0. The van der Waals surface area contributed by atoms with E-state index in [1.807, 2.05) is 25.2 Å². The molecule has 1 aliphatic carbocycles. The van der Waals surface area contributed by atoms with Crippen LogP contribution in [0.2, 0.25) is 0 Å². The molecule has 0 radical (unpaired) electrons. The topological polar surface area (TPSA) is 52.6 Å². The number of cyclic esters (lactones) is 1. The molecule has 0 amide bonds. The number of allylic oxidation sites excluding steroid dienone is 3. The number of ether oxygens (including phenoxy) is 2. The highest BCUT2D eigenvalue weighted by atomic mass is 16.5. The molecule has 0 saturated heterocycles. The lowest BCUT2D eigenvalue weighted by atomic mass is 9.97. The third-order valence-electron chi connectivity index (χ3n) is 3.59. The third-order valence-corrected chi connectivity index (χ3v) is 3.59. The van der Waals surface area contributed by atoms with E-state index in [4.69, 9.17) is 9.47 Å². The van der Waals surface area contributed by atoms with Gasteiger partial charge in [0.2, 0.25) is 0 Å². The number of esters is 2. The van der Waals surface area contributed by atoms with E-state index in [0.717, 1.165) is 18.4 Å². The molecule has 0 aromatic carbocycles. The number of rotatable bonds is 4. The van der Waals surface area contributed by atoms with Crippen LogP contribution in [0.4, 0.5) is 0 Å². The lowest BCUT2D eigenvalue weighted by Crippen LogP contribution is -2.15. The van der Waals surface area contributed by atoms with E-state index >= 15 is 0 Å². The molecule has 0 spiro atoms. The molecule has 2 rings (SSSR count). The minimum atomic E-state index is -0.313. The molecule has 0 aromatic rings. The Bertz CT molecular complexity index is 576.